The number of nitrogens with zero attached hydrogens (tertiary/aromatic N) is 7. The number of aromatic nitrogens is 5. The second kappa shape index (κ2) is 9.40. The lowest BCUT2D eigenvalue weighted by atomic mass is 10.2. The van der Waals surface area contributed by atoms with Gasteiger partial charge in [0, 0.05) is 33.3 Å². The third-order valence-electron chi connectivity index (χ3n) is 4.99. The second-order valence-corrected chi connectivity index (χ2v) is 7.20. The molecule has 4 heterocycles. The molecule has 0 spiro atoms. The number of alkyl halides is 2. The van der Waals surface area contributed by atoms with Crippen LogP contribution in [0.2, 0.25) is 0 Å². The Kier molecular flexibility index (Phi) is 6.41. The molecule has 32 heavy (non-hydrogen) atoms. The van der Waals surface area contributed by atoms with E-state index < -0.39 is 12.5 Å². The molecule has 1 aliphatic heterocycles. The lowest BCUT2D eigenvalue weighted by molar-refractivity contribution is -0.135. The molecule has 0 aliphatic carbocycles. The summed E-state index contributed by atoms with van der Waals surface area (Å²) in [5.74, 6) is 0.772. The van der Waals surface area contributed by atoms with E-state index in [-0.39, 0.29) is 36.7 Å². The predicted octanol–water partition coefficient (Wildman–Crippen LogP) is 0.198. The van der Waals surface area contributed by atoms with Gasteiger partial charge in [-0.2, -0.15) is 19.5 Å². The van der Waals surface area contributed by atoms with Crippen LogP contribution >= 0.6 is 0 Å². The third-order valence-corrected chi connectivity index (χ3v) is 4.99. The molecule has 1 aliphatic rings. The molecule has 1 saturated heterocycles. The van der Waals surface area contributed by atoms with Gasteiger partial charge in [0.25, 0.3) is 12.2 Å². The molecule has 0 bridgehead atoms. The molecule has 3 N–H and O–H groups in total. The number of nitrogens with two attached hydrogens (primary N) is 1. The number of piperazine rings is 1. The van der Waals surface area contributed by atoms with Gasteiger partial charge in [-0.3, -0.25) is 9.69 Å². The Balaban J connectivity index is 1.48. The van der Waals surface area contributed by atoms with Crippen molar-refractivity contribution in [2.45, 2.75) is 12.5 Å². The number of fused-ring (bicyclic) bond motifs is 1. The molecule has 0 radical (unpaired) electrons. The van der Waals surface area contributed by atoms with Crippen LogP contribution in [-0.4, -0.2) is 99.2 Å². The first-order valence-electron chi connectivity index (χ1n) is 9.93. The summed E-state index contributed by atoms with van der Waals surface area (Å²) in [5, 5.41) is 7.16. The van der Waals surface area contributed by atoms with Crippen molar-refractivity contribution in [3.63, 3.8) is 0 Å². The van der Waals surface area contributed by atoms with Gasteiger partial charge in [0.05, 0.1) is 19.4 Å². The zero-order chi connectivity index (χ0) is 22.7. The van der Waals surface area contributed by atoms with Crippen molar-refractivity contribution in [1.29, 1.82) is 0 Å². The zero-order valence-corrected chi connectivity index (χ0v) is 17.3. The number of carbonyl (C=O) groups excluding carboxylic acids is 1. The minimum Gasteiger partial charge on any atom is -0.461 e. The Hall–Kier alpha value is -3.39. The number of furan rings is 1. The number of rotatable bonds is 8. The first-order chi connectivity index (χ1) is 15.4. The molecule has 0 aromatic carbocycles. The molecule has 3 aromatic heterocycles. The predicted molar refractivity (Wildman–Crippen MR) is 109 cm³/mol. The van der Waals surface area contributed by atoms with E-state index in [9.17, 15) is 13.6 Å². The molecular formula is C18H23F2N9O3. The fraction of sp³-hybridized carbons (Fsp3) is 0.500. The van der Waals surface area contributed by atoms with E-state index in [0.29, 0.717) is 37.8 Å². The molecule has 1 amide bonds. The van der Waals surface area contributed by atoms with E-state index in [1.54, 1.807) is 21.9 Å². The minimum atomic E-state index is -2.40. The number of hydrogen-bond acceptors (Lipinski definition) is 10. The maximum absolute atomic E-state index is 13.0. The highest BCUT2D eigenvalue weighted by Crippen LogP contribution is 2.18. The Morgan fingerprint density at radius 2 is 2.06 bits per heavy atom. The number of ether oxygens (including phenoxy) is 1. The van der Waals surface area contributed by atoms with Gasteiger partial charge in [-0.05, 0) is 12.1 Å². The number of hydrogen-bond donors (Lipinski definition) is 2. The van der Waals surface area contributed by atoms with Crippen LogP contribution in [0.5, 0.6) is 0 Å². The first-order valence-corrected chi connectivity index (χ1v) is 9.93. The van der Waals surface area contributed by atoms with Gasteiger partial charge < -0.3 is 25.1 Å². The highest BCUT2D eigenvalue weighted by molar-refractivity contribution is 5.84. The molecule has 14 heteroatoms. The molecule has 3 aromatic rings. The summed E-state index contributed by atoms with van der Waals surface area (Å²) in [6.45, 7) is 1.18. The van der Waals surface area contributed by atoms with E-state index in [1.165, 1.54) is 17.9 Å². The number of nitrogens with one attached hydrogen (secondary N) is 1. The fourth-order valence-electron chi connectivity index (χ4n) is 3.44. The van der Waals surface area contributed by atoms with Gasteiger partial charge in [-0.1, -0.05) is 0 Å². The molecule has 0 unspecified atom stereocenters. The first kappa shape index (κ1) is 21.8. The van der Waals surface area contributed by atoms with Crippen LogP contribution in [0.3, 0.4) is 0 Å². The molecule has 172 valence electrons. The highest BCUT2D eigenvalue weighted by Gasteiger charge is 2.29. The lowest BCUT2D eigenvalue weighted by Crippen LogP contribution is -2.54. The van der Waals surface area contributed by atoms with Crippen molar-refractivity contribution in [2.75, 3.05) is 57.5 Å². The minimum absolute atomic E-state index is 0.0204. The van der Waals surface area contributed by atoms with E-state index in [4.69, 9.17) is 14.9 Å². The summed E-state index contributed by atoms with van der Waals surface area (Å²) in [4.78, 5) is 29.0. The SMILES string of the molecule is COC[C@H](Nc1nc(N)n2nc(-c3ccco3)nc2n1)C(=O)N1CCN(CC(F)F)CC1. The van der Waals surface area contributed by atoms with E-state index >= 15 is 0 Å². The summed E-state index contributed by atoms with van der Waals surface area (Å²) >= 11 is 0. The molecule has 0 saturated carbocycles. The van der Waals surface area contributed by atoms with Crippen molar-refractivity contribution in [3.8, 4) is 11.6 Å². The van der Waals surface area contributed by atoms with Crippen molar-refractivity contribution >= 4 is 23.6 Å². The average molecular weight is 451 g/mol. The van der Waals surface area contributed by atoms with E-state index in [0.717, 1.165) is 0 Å². The standard InChI is InChI=1S/C18H23F2N9O3/c1-31-10-11(15(30)28-6-4-27(5-7-28)9-13(19)20)22-17-24-16(21)29-18(25-17)23-14(26-29)12-3-2-8-32-12/h2-3,8,11,13H,4-7,9-10H2,1H3,(H3,21,22,23,24,25,26)/t11-/m0/s1. The van der Waals surface area contributed by atoms with E-state index in [2.05, 4.69) is 25.4 Å². The molecule has 1 atom stereocenters. The fourth-order valence-corrected chi connectivity index (χ4v) is 3.44. The summed E-state index contributed by atoms with van der Waals surface area (Å²) in [6, 6.07) is 2.61. The molecule has 12 nitrogen and oxygen atoms in total. The largest absolute Gasteiger partial charge is 0.461 e. The number of methoxy groups -OCH3 is 1. The number of amides is 1. The van der Waals surface area contributed by atoms with Crippen LogP contribution in [0.15, 0.2) is 22.8 Å². The number of carbonyl (C=O) groups is 1. The van der Waals surface area contributed by atoms with Crippen LogP contribution in [0.25, 0.3) is 17.4 Å². The zero-order valence-electron chi connectivity index (χ0n) is 17.3. The van der Waals surface area contributed by atoms with Gasteiger partial charge in [-0.25, -0.2) is 8.78 Å². The van der Waals surface area contributed by atoms with Gasteiger partial charge in [0.2, 0.25) is 23.6 Å². The van der Waals surface area contributed by atoms with E-state index in [1.807, 2.05) is 0 Å². The molecule has 4 rings (SSSR count). The van der Waals surface area contributed by atoms with Gasteiger partial charge >= 0.3 is 0 Å². The maximum Gasteiger partial charge on any atom is 0.259 e. The van der Waals surface area contributed by atoms with Crippen LogP contribution in [0, 0.1) is 0 Å². The Morgan fingerprint density at radius 1 is 1.28 bits per heavy atom. The Morgan fingerprint density at radius 3 is 2.72 bits per heavy atom. The van der Waals surface area contributed by atoms with Crippen LogP contribution in [0.1, 0.15) is 0 Å². The number of nitrogen functional groups attached to an aromatic ring is 1. The molecular weight excluding hydrogens is 428 g/mol. The molecule has 1 fully saturated rings. The highest BCUT2D eigenvalue weighted by atomic mass is 19.3. The quantitative estimate of drug-likeness (QED) is 0.488. The summed E-state index contributed by atoms with van der Waals surface area (Å²) in [5.41, 5.74) is 5.99. The maximum atomic E-state index is 13.0. The van der Waals surface area contributed by atoms with Crippen LogP contribution in [0.4, 0.5) is 20.7 Å². The monoisotopic (exact) mass is 451 g/mol. The summed E-state index contributed by atoms with van der Waals surface area (Å²) in [6.07, 6.45) is -0.903. The summed E-state index contributed by atoms with van der Waals surface area (Å²) in [7, 11) is 1.47. The second-order valence-electron chi connectivity index (χ2n) is 7.20. The topological polar surface area (TPSA) is 140 Å². The smallest absolute Gasteiger partial charge is 0.259 e. The third kappa shape index (κ3) is 4.75. The average Bonchev–Trinajstić information content (AvgIpc) is 3.43. The number of halogens is 2. The van der Waals surface area contributed by atoms with Crippen LogP contribution in [-0.2, 0) is 9.53 Å². The Bertz CT molecular complexity index is 1050. The van der Waals surface area contributed by atoms with Crippen LogP contribution < -0.4 is 11.1 Å². The van der Waals surface area contributed by atoms with Crippen molar-refractivity contribution < 1.29 is 22.7 Å². The van der Waals surface area contributed by atoms with Crippen molar-refractivity contribution in [2.24, 2.45) is 0 Å². The Labute approximate surface area is 181 Å². The normalized spacial score (nSPS) is 16.1. The van der Waals surface area contributed by atoms with Crippen molar-refractivity contribution in [3.05, 3.63) is 18.4 Å². The summed E-state index contributed by atoms with van der Waals surface area (Å²) < 4.78 is 36.9. The van der Waals surface area contributed by atoms with Gasteiger partial charge in [0.15, 0.2) is 5.76 Å². The van der Waals surface area contributed by atoms with Gasteiger partial charge in [0.1, 0.15) is 6.04 Å². The van der Waals surface area contributed by atoms with Crippen molar-refractivity contribution in [1.82, 2.24) is 34.4 Å². The lowest BCUT2D eigenvalue weighted by Gasteiger charge is -2.36. The number of anilines is 2. The van der Waals surface area contributed by atoms with Gasteiger partial charge in [-0.15, -0.1) is 5.10 Å².